The van der Waals surface area contributed by atoms with Crippen molar-refractivity contribution in [3.63, 3.8) is 0 Å². The van der Waals surface area contributed by atoms with Crippen LogP contribution in [-0.2, 0) is 33.5 Å². The summed E-state index contributed by atoms with van der Waals surface area (Å²) < 4.78 is 40.4. The molecule has 1 saturated carbocycles. The Labute approximate surface area is 309 Å². The van der Waals surface area contributed by atoms with Crippen LogP contribution in [0, 0.1) is 29.6 Å². The highest BCUT2D eigenvalue weighted by atomic mass is 35.5. The first-order chi connectivity index (χ1) is 24.9. The molecule has 4 aliphatic rings. The number of aromatic nitrogens is 2. The molecule has 2 aromatic carbocycles. The number of carbonyl (C=O) groups is 2. The van der Waals surface area contributed by atoms with E-state index in [1.807, 2.05) is 6.07 Å². The molecule has 0 radical (unpaired) electrons. The minimum atomic E-state index is -3.82. The number of nitrogens with one attached hydrogen (secondary N) is 1. The normalized spacial score (nSPS) is 29.9. The largest absolute Gasteiger partial charge is 0.490 e. The van der Waals surface area contributed by atoms with Crippen LogP contribution in [0.25, 0.3) is 0 Å². The Morgan fingerprint density at radius 1 is 1.19 bits per heavy atom. The lowest BCUT2D eigenvalue weighted by Crippen LogP contribution is -2.49. The zero-order valence-electron chi connectivity index (χ0n) is 29.8. The van der Waals surface area contributed by atoms with Gasteiger partial charge in [-0.2, -0.15) is 0 Å². The quantitative estimate of drug-likeness (QED) is 0.367. The third-order valence-electron chi connectivity index (χ3n) is 11.0. The SMILES string of the molecule is COc1nn(C)cc1C(=O)NS1(=O)=NC(=O)c2ccc3c(c2)N(C[C@@H]2CC[C@H]2[C@@H](OC)C#C[C@H](O)[C@H](C)C1)C[C@@]1(CCCc2cc(Cl)ccc21)CO3. The number of hydrogen-bond donors (Lipinski definition) is 2. The molecule has 2 bridgehead atoms. The summed E-state index contributed by atoms with van der Waals surface area (Å²) >= 11 is 6.44. The van der Waals surface area contributed by atoms with Crippen LogP contribution in [0.15, 0.2) is 47.0 Å². The van der Waals surface area contributed by atoms with E-state index in [1.54, 1.807) is 39.3 Å². The summed E-state index contributed by atoms with van der Waals surface area (Å²) in [6.07, 6.45) is 4.52. The number of nitrogens with zero attached hydrogens (tertiary/aromatic N) is 4. The number of methoxy groups -OCH3 is 2. The van der Waals surface area contributed by atoms with Gasteiger partial charge in [-0.3, -0.25) is 19.0 Å². The molecule has 3 aromatic rings. The van der Waals surface area contributed by atoms with E-state index in [9.17, 15) is 18.9 Å². The molecule has 1 aromatic heterocycles. The summed E-state index contributed by atoms with van der Waals surface area (Å²) in [5.41, 5.74) is 3.09. The Balaban J connectivity index is 1.32. The number of fused-ring (bicyclic) bond motifs is 4. The number of rotatable bonds is 4. The number of benzene rings is 2. The highest BCUT2D eigenvalue weighted by molar-refractivity contribution is 7.92. The number of ether oxygens (including phenoxy) is 3. The van der Waals surface area contributed by atoms with Gasteiger partial charge in [0.25, 0.3) is 11.8 Å². The van der Waals surface area contributed by atoms with E-state index in [0.717, 1.165) is 37.8 Å². The lowest BCUT2D eigenvalue weighted by atomic mass is 9.68. The molecule has 52 heavy (non-hydrogen) atoms. The maximum absolute atomic E-state index is 14.6. The van der Waals surface area contributed by atoms with Crippen molar-refractivity contribution in [3.8, 4) is 23.5 Å². The Bertz CT molecular complexity index is 2080. The first-order valence-corrected chi connectivity index (χ1v) is 19.7. The van der Waals surface area contributed by atoms with Crippen LogP contribution in [0.2, 0.25) is 5.02 Å². The molecule has 1 fully saturated rings. The average molecular weight is 750 g/mol. The van der Waals surface area contributed by atoms with Crippen molar-refractivity contribution in [1.82, 2.24) is 14.5 Å². The van der Waals surface area contributed by atoms with Crippen molar-refractivity contribution in [2.75, 3.05) is 44.6 Å². The lowest BCUT2D eigenvalue weighted by Gasteiger charge is -2.45. The molecular formula is C38H44ClN5O7S. The van der Waals surface area contributed by atoms with Crippen LogP contribution in [0.5, 0.6) is 11.6 Å². The first-order valence-electron chi connectivity index (χ1n) is 17.6. The standard InChI is InChI=1S/C38H44ClN5O7S/c1-23-20-52(48,42-36(47)29-19-43(2)40-37(29)50-4)41-35(46)25-8-13-34-31(17-25)44(18-26-7-10-28(26)33(49-3)14-12-32(23)45)21-38(22-51-34)15-5-6-24-16-27(39)9-11-30(24)38/h8-9,11,13,16-17,19,23,26,28,32-33,45H,5-7,10,15,18,20-22H2,1-4H3,(H,41,42,46,47,48)/t23-,26+,28-,32+,33+,38+,52?/m1/s1. The second-order valence-corrected chi connectivity index (χ2v) is 17.0. The van der Waals surface area contributed by atoms with E-state index in [-0.39, 0.29) is 40.0 Å². The maximum Gasteiger partial charge on any atom is 0.286 e. The van der Waals surface area contributed by atoms with E-state index in [1.165, 1.54) is 29.1 Å². The van der Waals surface area contributed by atoms with Gasteiger partial charge >= 0.3 is 0 Å². The maximum atomic E-state index is 14.6. The first kappa shape index (κ1) is 36.3. The van der Waals surface area contributed by atoms with Crippen molar-refractivity contribution in [2.45, 2.75) is 56.7 Å². The van der Waals surface area contributed by atoms with Crippen molar-refractivity contribution in [3.05, 3.63) is 69.9 Å². The molecule has 7 atom stereocenters. The second-order valence-electron chi connectivity index (χ2n) is 14.5. The number of amides is 2. The molecule has 1 unspecified atom stereocenters. The summed E-state index contributed by atoms with van der Waals surface area (Å²) in [6.45, 7) is 3.42. The minimum Gasteiger partial charge on any atom is -0.490 e. The number of hydrogen-bond acceptors (Lipinski definition) is 9. The van der Waals surface area contributed by atoms with Gasteiger partial charge in [0.15, 0.2) is 0 Å². The molecule has 2 aliphatic carbocycles. The highest BCUT2D eigenvalue weighted by Gasteiger charge is 2.44. The van der Waals surface area contributed by atoms with Gasteiger partial charge in [-0.15, -0.1) is 9.46 Å². The van der Waals surface area contributed by atoms with Gasteiger partial charge in [0, 0.05) is 61.3 Å². The van der Waals surface area contributed by atoms with Crippen LogP contribution < -0.4 is 19.1 Å². The van der Waals surface area contributed by atoms with E-state index >= 15 is 0 Å². The lowest BCUT2D eigenvalue weighted by molar-refractivity contribution is 0.0187. The Morgan fingerprint density at radius 2 is 2.02 bits per heavy atom. The van der Waals surface area contributed by atoms with Crippen LogP contribution in [0.3, 0.4) is 0 Å². The molecule has 3 heterocycles. The van der Waals surface area contributed by atoms with Gasteiger partial charge in [0.05, 0.1) is 25.2 Å². The Kier molecular flexibility index (Phi) is 10.0. The summed E-state index contributed by atoms with van der Waals surface area (Å²) in [7, 11) is 0.790. The third-order valence-corrected chi connectivity index (χ3v) is 13.2. The molecule has 0 saturated heterocycles. The molecule has 1 spiro atoms. The molecule has 12 nitrogen and oxygen atoms in total. The zero-order valence-corrected chi connectivity index (χ0v) is 31.3. The number of aryl methyl sites for hydroxylation is 2. The van der Waals surface area contributed by atoms with Crippen molar-refractivity contribution >= 4 is 39.0 Å². The topological polar surface area (TPSA) is 145 Å². The third kappa shape index (κ3) is 7.01. The minimum absolute atomic E-state index is 0.0202. The molecule has 2 aliphatic heterocycles. The Morgan fingerprint density at radius 3 is 2.77 bits per heavy atom. The fourth-order valence-electron chi connectivity index (χ4n) is 8.11. The smallest absolute Gasteiger partial charge is 0.286 e. The van der Waals surface area contributed by atoms with E-state index in [4.69, 9.17) is 25.8 Å². The van der Waals surface area contributed by atoms with Crippen LogP contribution in [0.1, 0.15) is 64.4 Å². The monoisotopic (exact) mass is 749 g/mol. The van der Waals surface area contributed by atoms with Crippen LogP contribution in [-0.4, -0.2) is 82.8 Å². The predicted octanol–water partition coefficient (Wildman–Crippen LogP) is 4.56. The molecule has 2 amide bonds. The highest BCUT2D eigenvalue weighted by Crippen LogP contribution is 2.47. The summed E-state index contributed by atoms with van der Waals surface area (Å²) in [5.74, 6) is 4.44. The van der Waals surface area contributed by atoms with Gasteiger partial charge in [0.2, 0.25) is 5.88 Å². The van der Waals surface area contributed by atoms with Gasteiger partial charge < -0.3 is 24.2 Å². The van der Waals surface area contributed by atoms with Gasteiger partial charge in [-0.05, 0) is 79.5 Å². The average Bonchev–Trinajstić information content (AvgIpc) is 3.42. The molecular weight excluding hydrogens is 706 g/mol. The van der Waals surface area contributed by atoms with E-state index in [2.05, 4.69) is 43.1 Å². The van der Waals surface area contributed by atoms with Crippen molar-refractivity contribution in [1.29, 1.82) is 0 Å². The second kappa shape index (κ2) is 14.4. The predicted molar refractivity (Wildman–Crippen MR) is 197 cm³/mol. The number of anilines is 1. The summed E-state index contributed by atoms with van der Waals surface area (Å²) in [5, 5.41) is 16.0. The van der Waals surface area contributed by atoms with E-state index < -0.39 is 39.9 Å². The number of carbonyl (C=O) groups excluding carboxylic acids is 2. The van der Waals surface area contributed by atoms with Crippen molar-refractivity contribution < 1.29 is 33.1 Å². The number of halogens is 1. The fourth-order valence-corrected chi connectivity index (χ4v) is 10.2. The molecule has 14 heteroatoms. The van der Waals surface area contributed by atoms with Gasteiger partial charge in [-0.25, -0.2) is 4.21 Å². The van der Waals surface area contributed by atoms with E-state index in [0.29, 0.717) is 30.5 Å². The number of aliphatic hydroxyl groups is 1. The fraction of sp³-hybridized carbons (Fsp3) is 0.500. The zero-order chi connectivity index (χ0) is 36.8. The summed E-state index contributed by atoms with van der Waals surface area (Å²) in [6, 6.07) is 11.3. The molecule has 2 N–H and O–H groups in total. The van der Waals surface area contributed by atoms with Crippen LogP contribution >= 0.6 is 11.6 Å². The number of aliphatic hydroxyl groups excluding tert-OH is 1. The molecule has 276 valence electrons. The van der Waals surface area contributed by atoms with Crippen molar-refractivity contribution in [2.24, 2.45) is 29.2 Å². The Hall–Kier alpha value is -4.09. The summed E-state index contributed by atoms with van der Waals surface area (Å²) in [4.78, 5) is 29.8. The molecule has 7 rings (SSSR count). The van der Waals surface area contributed by atoms with Gasteiger partial charge in [0.1, 0.15) is 33.4 Å². The van der Waals surface area contributed by atoms with Crippen LogP contribution in [0.4, 0.5) is 5.69 Å². The van der Waals surface area contributed by atoms with Gasteiger partial charge in [-0.1, -0.05) is 36.4 Å².